The minimum Gasteiger partial charge on any atom is -0.508 e. The van der Waals surface area contributed by atoms with Gasteiger partial charge in [-0.3, -0.25) is 9.59 Å². The molecule has 0 saturated heterocycles. The molecular weight excluding hydrogens is 569 g/mol. The van der Waals surface area contributed by atoms with Crippen LogP contribution in [-0.4, -0.2) is 16.9 Å². The maximum absolute atomic E-state index is 14.0. The number of nitrogens with two attached hydrogens (primary N) is 1. The molecule has 0 aliphatic carbocycles. The molecule has 0 radical (unpaired) electrons. The predicted molar refractivity (Wildman–Crippen MR) is 173 cm³/mol. The lowest BCUT2D eigenvalue weighted by Crippen LogP contribution is -2.32. The summed E-state index contributed by atoms with van der Waals surface area (Å²) in [6, 6.07) is 35.9. The zero-order valence-corrected chi connectivity index (χ0v) is 24.7. The van der Waals surface area contributed by atoms with E-state index in [2.05, 4.69) is 5.32 Å². The molecule has 0 aliphatic rings. The highest BCUT2D eigenvalue weighted by Gasteiger charge is 2.22. The van der Waals surface area contributed by atoms with Gasteiger partial charge in [0.15, 0.2) is 5.75 Å². The standard InChI is InChI=1S/C37H34FN3O4/c38-33-12-5-4-10-30(33)24-40-36(43)19-20-37(44)41(25-26-13-15-29(16-14-26)28-8-2-1-3-9-28)34-18-17-31(42)22-35(34)45-32-11-6-7-27(21-32)23-39/h1-18,21-22,42H,19-20,23-25,39H2,(H,40,43). The van der Waals surface area contributed by atoms with Gasteiger partial charge in [0.25, 0.3) is 0 Å². The molecule has 0 saturated carbocycles. The molecule has 0 aliphatic heterocycles. The van der Waals surface area contributed by atoms with Crippen molar-refractivity contribution < 1.29 is 23.8 Å². The molecule has 0 fully saturated rings. The lowest BCUT2D eigenvalue weighted by Gasteiger charge is -2.26. The van der Waals surface area contributed by atoms with Gasteiger partial charge in [-0.2, -0.15) is 0 Å². The van der Waals surface area contributed by atoms with E-state index in [1.165, 1.54) is 18.2 Å². The van der Waals surface area contributed by atoms with E-state index in [1.54, 1.807) is 41.3 Å². The Morgan fingerprint density at radius 3 is 2.27 bits per heavy atom. The van der Waals surface area contributed by atoms with Gasteiger partial charge in [0.05, 0.1) is 12.2 Å². The number of phenolic OH excluding ortho intramolecular Hbond substituents is 1. The van der Waals surface area contributed by atoms with Gasteiger partial charge < -0.3 is 25.8 Å². The van der Waals surface area contributed by atoms with Crippen LogP contribution >= 0.6 is 0 Å². The van der Waals surface area contributed by atoms with Gasteiger partial charge in [-0.1, -0.05) is 84.9 Å². The summed E-state index contributed by atoms with van der Waals surface area (Å²) in [6.07, 6.45) is -0.197. The number of carbonyl (C=O) groups excluding carboxylic acids is 2. The van der Waals surface area contributed by atoms with E-state index in [4.69, 9.17) is 10.5 Å². The normalized spacial score (nSPS) is 10.7. The Bertz CT molecular complexity index is 1760. The Morgan fingerprint density at radius 1 is 0.778 bits per heavy atom. The fraction of sp³-hybridized carbons (Fsp3) is 0.135. The van der Waals surface area contributed by atoms with E-state index in [-0.39, 0.29) is 49.2 Å². The second-order valence-electron chi connectivity index (χ2n) is 10.5. The van der Waals surface area contributed by atoms with Crippen LogP contribution in [0.2, 0.25) is 0 Å². The number of hydrogen-bond acceptors (Lipinski definition) is 5. The van der Waals surface area contributed by atoms with E-state index in [0.717, 1.165) is 22.3 Å². The number of amides is 2. The number of aromatic hydroxyl groups is 1. The Hall–Kier alpha value is -5.47. The first-order valence-electron chi connectivity index (χ1n) is 14.6. The van der Waals surface area contributed by atoms with Crippen molar-refractivity contribution in [3.05, 3.63) is 144 Å². The molecule has 0 bridgehead atoms. The molecule has 0 atom stereocenters. The first kappa shape index (κ1) is 31.0. The van der Waals surface area contributed by atoms with Crippen LogP contribution in [-0.2, 0) is 29.2 Å². The van der Waals surface area contributed by atoms with Crippen molar-refractivity contribution in [1.29, 1.82) is 0 Å². The lowest BCUT2D eigenvalue weighted by atomic mass is 10.0. The quantitative estimate of drug-likeness (QED) is 0.141. The summed E-state index contributed by atoms with van der Waals surface area (Å²) in [4.78, 5) is 28.0. The number of hydrogen-bond donors (Lipinski definition) is 3. The second kappa shape index (κ2) is 14.8. The minimum absolute atomic E-state index is 0.0228. The second-order valence-corrected chi connectivity index (χ2v) is 10.5. The fourth-order valence-corrected chi connectivity index (χ4v) is 4.87. The molecule has 5 aromatic rings. The third-order valence-electron chi connectivity index (χ3n) is 7.30. The molecule has 7 nitrogen and oxygen atoms in total. The van der Waals surface area contributed by atoms with E-state index < -0.39 is 5.82 Å². The van der Waals surface area contributed by atoms with Crippen LogP contribution in [0.5, 0.6) is 17.2 Å². The van der Waals surface area contributed by atoms with Gasteiger partial charge in [0, 0.05) is 37.6 Å². The molecule has 5 rings (SSSR count). The first-order valence-corrected chi connectivity index (χ1v) is 14.6. The number of nitrogens with one attached hydrogen (secondary N) is 1. The summed E-state index contributed by atoms with van der Waals surface area (Å²) in [5.41, 5.74) is 10.4. The van der Waals surface area contributed by atoms with Gasteiger partial charge in [-0.15, -0.1) is 0 Å². The SMILES string of the molecule is NCc1cccc(Oc2cc(O)ccc2N(Cc2ccc(-c3ccccc3)cc2)C(=O)CCC(=O)NCc2ccccc2F)c1. The maximum atomic E-state index is 14.0. The topological polar surface area (TPSA) is 105 Å². The van der Waals surface area contributed by atoms with Crippen LogP contribution in [0.1, 0.15) is 29.5 Å². The van der Waals surface area contributed by atoms with Gasteiger partial charge in [0.1, 0.15) is 17.3 Å². The van der Waals surface area contributed by atoms with Gasteiger partial charge in [-0.25, -0.2) is 4.39 Å². The molecule has 5 aromatic carbocycles. The molecular formula is C37H34FN3O4. The summed E-state index contributed by atoms with van der Waals surface area (Å²) >= 11 is 0. The minimum atomic E-state index is -0.407. The zero-order valence-electron chi connectivity index (χ0n) is 24.7. The summed E-state index contributed by atoms with van der Waals surface area (Å²) < 4.78 is 20.2. The van der Waals surface area contributed by atoms with Crippen molar-refractivity contribution in [2.24, 2.45) is 5.73 Å². The number of nitrogens with zero attached hydrogens (tertiary/aromatic N) is 1. The van der Waals surface area contributed by atoms with Crippen LogP contribution < -0.4 is 20.7 Å². The highest BCUT2D eigenvalue weighted by atomic mass is 19.1. The fourth-order valence-electron chi connectivity index (χ4n) is 4.87. The summed E-state index contributed by atoms with van der Waals surface area (Å²) in [7, 11) is 0. The summed E-state index contributed by atoms with van der Waals surface area (Å²) in [5, 5.41) is 13.0. The Morgan fingerprint density at radius 2 is 1.51 bits per heavy atom. The third-order valence-corrected chi connectivity index (χ3v) is 7.30. The van der Waals surface area contributed by atoms with E-state index in [0.29, 0.717) is 23.5 Å². The van der Waals surface area contributed by atoms with Crippen molar-refractivity contribution in [2.45, 2.75) is 32.5 Å². The monoisotopic (exact) mass is 603 g/mol. The van der Waals surface area contributed by atoms with Gasteiger partial charge >= 0.3 is 0 Å². The largest absolute Gasteiger partial charge is 0.508 e. The molecule has 4 N–H and O–H groups in total. The van der Waals surface area contributed by atoms with E-state index >= 15 is 0 Å². The molecule has 2 amide bonds. The van der Waals surface area contributed by atoms with Gasteiger partial charge in [0.2, 0.25) is 11.8 Å². The zero-order chi connectivity index (χ0) is 31.6. The van der Waals surface area contributed by atoms with Crippen LogP contribution in [0.15, 0.2) is 121 Å². The predicted octanol–water partition coefficient (Wildman–Crippen LogP) is 7.08. The number of anilines is 1. The van der Waals surface area contributed by atoms with E-state index in [1.807, 2.05) is 66.7 Å². The lowest BCUT2D eigenvalue weighted by molar-refractivity contribution is -0.125. The van der Waals surface area contributed by atoms with Crippen molar-refractivity contribution >= 4 is 17.5 Å². The molecule has 45 heavy (non-hydrogen) atoms. The average molecular weight is 604 g/mol. The number of halogens is 1. The van der Waals surface area contributed by atoms with Gasteiger partial charge in [-0.05, 0) is 52.6 Å². The van der Waals surface area contributed by atoms with Crippen LogP contribution in [0.25, 0.3) is 11.1 Å². The highest BCUT2D eigenvalue weighted by molar-refractivity contribution is 5.97. The van der Waals surface area contributed by atoms with Crippen molar-refractivity contribution in [3.63, 3.8) is 0 Å². The van der Waals surface area contributed by atoms with Crippen LogP contribution in [0.4, 0.5) is 10.1 Å². The third kappa shape index (κ3) is 8.34. The highest BCUT2D eigenvalue weighted by Crippen LogP contribution is 2.37. The Labute approximate surface area is 261 Å². The number of ether oxygens (including phenoxy) is 1. The number of rotatable bonds is 12. The van der Waals surface area contributed by atoms with E-state index in [9.17, 15) is 19.1 Å². The Kier molecular flexibility index (Phi) is 10.2. The summed E-state index contributed by atoms with van der Waals surface area (Å²) in [5.74, 6) is -0.376. The molecule has 228 valence electrons. The average Bonchev–Trinajstić information content (AvgIpc) is 3.07. The van der Waals surface area contributed by atoms with Crippen LogP contribution in [0.3, 0.4) is 0 Å². The summed E-state index contributed by atoms with van der Waals surface area (Å²) in [6.45, 7) is 0.538. The smallest absolute Gasteiger partial charge is 0.227 e. The molecule has 0 aromatic heterocycles. The molecule has 0 heterocycles. The van der Waals surface area contributed by atoms with Crippen LogP contribution in [0, 0.1) is 5.82 Å². The first-order chi connectivity index (χ1) is 21.9. The molecule has 8 heteroatoms. The van der Waals surface area contributed by atoms with Crippen molar-refractivity contribution in [2.75, 3.05) is 4.90 Å². The maximum Gasteiger partial charge on any atom is 0.227 e. The molecule has 0 unspecified atom stereocenters. The number of phenols is 1. The van der Waals surface area contributed by atoms with Crippen molar-refractivity contribution in [1.82, 2.24) is 5.32 Å². The number of benzene rings is 5. The van der Waals surface area contributed by atoms with Crippen molar-refractivity contribution in [3.8, 4) is 28.4 Å². The molecule has 0 spiro atoms. The number of carbonyl (C=O) groups is 2. The Balaban J connectivity index is 1.38.